The summed E-state index contributed by atoms with van der Waals surface area (Å²) in [5, 5.41) is 7.34. The molecule has 3 atom stereocenters. The molecule has 2 fully saturated rings. The van der Waals surface area contributed by atoms with Crippen LogP contribution < -0.4 is 10.6 Å². The number of allylic oxidation sites excluding steroid dienone is 1. The van der Waals surface area contributed by atoms with Crippen LogP contribution in [0, 0.1) is 5.92 Å². The second-order valence-corrected chi connectivity index (χ2v) is 13.7. The van der Waals surface area contributed by atoms with Crippen LogP contribution >= 0.6 is 11.6 Å². The van der Waals surface area contributed by atoms with Crippen LogP contribution in [0.2, 0.25) is 5.02 Å². The lowest BCUT2D eigenvalue weighted by atomic mass is 9.80. The summed E-state index contributed by atoms with van der Waals surface area (Å²) in [5.41, 5.74) is 3.74. The van der Waals surface area contributed by atoms with E-state index >= 15 is 0 Å². The number of likely N-dealkylation sites (tertiary alicyclic amines) is 1. The summed E-state index contributed by atoms with van der Waals surface area (Å²) >= 11 is 6.14. The number of halogens is 1. The number of hydrogen-bond donors (Lipinski definition) is 2. The highest BCUT2D eigenvalue weighted by Gasteiger charge is 2.42. The third-order valence-corrected chi connectivity index (χ3v) is 9.73. The average molecular weight is 642 g/mol. The van der Waals surface area contributed by atoms with E-state index in [-0.39, 0.29) is 23.4 Å². The third kappa shape index (κ3) is 10.4. The van der Waals surface area contributed by atoms with Gasteiger partial charge in [-0.05, 0) is 80.5 Å². The Hall–Kier alpha value is -2.19. The van der Waals surface area contributed by atoms with Gasteiger partial charge in [-0.15, -0.1) is 0 Å². The maximum absolute atomic E-state index is 14.0. The Labute approximate surface area is 278 Å². The van der Waals surface area contributed by atoms with Crippen molar-refractivity contribution >= 4 is 23.4 Å². The highest BCUT2D eigenvalue weighted by molar-refractivity contribution is 6.30. The number of benzene rings is 1. The zero-order valence-corrected chi connectivity index (χ0v) is 29.9. The Morgan fingerprint density at radius 2 is 1.78 bits per heavy atom. The Balaban J connectivity index is 0.00000271. The molecule has 0 aliphatic carbocycles. The van der Waals surface area contributed by atoms with Crippen molar-refractivity contribution in [3.63, 3.8) is 0 Å². The van der Waals surface area contributed by atoms with Crippen LogP contribution in [0.5, 0.6) is 0 Å². The van der Waals surface area contributed by atoms with Crippen LogP contribution in [0.3, 0.4) is 0 Å². The first-order valence-electron chi connectivity index (χ1n) is 17.5. The van der Waals surface area contributed by atoms with Crippen LogP contribution in [0.4, 0.5) is 0 Å². The molecule has 3 aliphatic rings. The second kappa shape index (κ2) is 18.2. The number of piperidine rings is 1. The van der Waals surface area contributed by atoms with Crippen molar-refractivity contribution < 1.29 is 9.59 Å². The number of carbonyl (C=O) groups excluding carboxylic acids is 2. The van der Waals surface area contributed by atoms with Gasteiger partial charge in [0.2, 0.25) is 11.8 Å². The van der Waals surface area contributed by atoms with Crippen molar-refractivity contribution in [2.75, 3.05) is 52.9 Å². The minimum Gasteiger partial charge on any atom is -0.344 e. The Morgan fingerprint density at radius 3 is 2.38 bits per heavy atom. The van der Waals surface area contributed by atoms with Gasteiger partial charge < -0.3 is 20.4 Å². The summed E-state index contributed by atoms with van der Waals surface area (Å²) in [4.78, 5) is 34.6. The molecule has 3 unspecified atom stereocenters. The maximum atomic E-state index is 14.0. The van der Waals surface area contributed by atoms with Crippen molar-refractivity contribution in [2.45, 2.75) is 104 Å². The van der Waals surface area contributed by atoms with Crippen LogP contribution in [-0.2, 0) is 16.0 Å². The van der Waals surface area contributed by atoms with Gasteiger partial charge in [0.1, 0.15) is 6.04 Å². The molecule has 2 amide bonds. The van der Waals surface area contributed by atoms with Crippen LogP contribution in [0.25, 0.3) is 0 Å². The van der Waals surface area contributed by atoms with E-state index in [0.29, 0.717) is 36.9 Å². The first-order valence-corrected chi connectivity index (χ1v) is 17.9. The zero-order chi connectivity index (χ0) is 33.0. The van der Waals surface area contributed by atoms with Gasteiger partial charge in [-0.2, -0.15) is 0 Å². The topological polar surface area (TPSA) is 67.9 Å². The predicted octanol–water partition coefficient (Wildman–Crippen LogP) is 6.08. The van der Waals surface area contributed by atoms with E-state index in [2.05, 4.69) is 67.3 Å². The van der Waals surface area contributed by atoms with Crippen LogP contribution in [-0.4, -0.2) is 97.0 Å². The number of hydrogen-bond acceptors (Lipinski definition) is 5. The molecule has 0 radical (unpaired) electrons. The van der Waals surface area contributed by atoms with Gasteiger partial charge in [-0.3, -0.25) is 14.5 Å². The lowest BCUT2D eigenvalue weighted by Crippen LogP contribution is -2.64. The number of rotatable bonds is 12. The normalized spacial score (nSPS) is 23.8. The maximum Gasteiger partial charge on any atom is 0.245 e. The minimum atomic E-state index is -0.611. The molecule has 0 saturated carbocycles. The molecule has 7 nitrogen and oxygen atoms in total. The fraction of sp³-hybridized carbons (Fsp3) is 0.676. The van der Waals surface area contributed by atoms with Gasteiger partial charge in [0.25, 0.3) is 0 Å². The van der Waals surface area contributed by atoms with E-state index in [4.69, 9.17) is 11.6 Å². The molecule has 4 rings (SSSR count). The Morgan fingerprint density at radius 1 is 1.09 bits per heavy atom. The summed E-state index contributed by atoms with van der Waals surface area (Å²) in [6.07, 6.45) is 10.7. The van der Waals surface area contributed by atoms with E-state index in [1.165, 1.54) is 30.4 Å². The van der Waals surface area contributed by atoms with Gasteiger partial charge in [0, 0.05) is 68.7 Å². The molecular formula is C37H60ClN5O2. The average Bonchev–Trinajstić information content (AvgIpc) is 3.41. The van der Waals surface area contributed by atoms with E-state index in [1.807, 2.05) is 43.0 Å². The smallest absolute Gasteiger partial charge is 0.245 e. The summed E-state index contributed by atoms with van der Waals surface area (Å²) < 4.78 is 0. The van der Waals surface area contributed by atoms with E-state index in [9.17, 15) is 9.59 Å². The molecule has 0 aromatic heterocycles. The number of nitrogens with one attached hydrogen (secondary N) is 2. The van der Waals surface area contributed by atoms with Crippen LogP contribution in [0.1, 0.15) is 85.6 Å². The first kappa shape index (κ1) is 37.3. The summed E-state index contributed by atoms with van der Waals surface area (Å²) in [6.45, 7) is 19.1. The first-order chi connectivity index (χ1) is 21.6. The lowest BCUT2D eigenvalue weighted by Gasteiger charge is -2.52. The summed E-state index contributed by atoms with van der Waals surface area (Å²) in [5.74, 6) is 0.552. The summed E-state index contributed by atoms with van der Waals surface area (Å²) in [6, 6.07) is 6.99. The highest BCUT2D eigenvalue weighted by atomic mass is 35.5. The molecule has 1 aromatic rings. The van der Waals surface area contributed by atoms with Crippen molar-refractivity contribution in [1.29, 1.82) is 0 Å². The Kier molecular flexibility index (Phi) is 15.1. The molecule has 0 spiro atoms. The van der Waals surface area contributed by atoms with Crippen LogP contribution in [0.15, 0.2) is 47.6 Å². The zero-order valence-electron chi connectivity index (χ0n) is 29.1. The lowest BCUT2D eigenvalue weighted by molar-refractivity contribution is -0.139. The largest absolute Gasteiger partial charge is 0.344 e. The SMILES string of the molecule is CC.CC/C=C\C1=C(CC)C(CC(=O)NC(Cc2ccc(Cl)cc2)C(=O)N2CCN(C3(CC(C)C)CCCN(C)C3)CC2)NC1. The Bertz CT molecular complexity index is 1140. The van der Waals surface area contributed by atoms with Gasteiger partial charge >= 0.3 is 0 Å². The van der Waals surface area contributed by atoms with Crippen molar-refractivity contribution in [1.82, 2.24) is 25.3 Å². The molecule has 3 heterocycles. The summed E-state index contributed by atoms with van der Waals surface area (Å²) in [7, 11) is 2.24. The van der Waals surface area contributed by atoms with E-state index in [1.54, 1.807) is 0 Å². The van der Waals surface area contributed by atoms with Gasteiger partial charge in [0.05, 0.1) is 0 Å². The van der Waals surface area contributed by atoms with Gasteiger partial charge in [-0.1, -0.05) is 77.4 Å². The molecule has 2 N–H and O–H groups in total. The predicted molar refractivity (Wildman–Crippen MR) is 189 cm³/mol. The molecule has 8 heteroatoms. The van der Waals surface area contributed by atoms with Gasteiger partial charge in [0.15, 0.2) is 0 Å². The molecule has 1 aromatic carbocycles. The van der Waals surface area contributed by atoms with E-state index < -0.39 is 6.04 Å². The van der Waals surface area contributed by atoms with Gasteiger partial charge in [-0.25, -0.2) is 0 Å². The standard InChI is InChI=1S/C35H54ClN5O2.C2H6/c1-6-8-10-28-24-37-31(30(28)7-2)22-33(42)38-32(21-27-11-13-29(36)14-12-27)34(43)40-17-19-41(20-18-40)35(23-26(3)4)15-9-16-39(5)25-35;1-2/h8,10-14,26,31-32,37H,6-7,9,15-25H2,1-5H3,(H,38,42);1-2H3/b10-8-;. The quantitative estimate of drug-likeness (QED) is 0.290. The number of piperazine rings is 1. The van der Waals surface area contributed by atoms with Crippen molar-refractivity contribution in [3.8, 4) is 0 Å². The highest BCUT2D eigenvalue weighted by Crippen LogP contribution is 2.34. The molecule has 0 bridgehead atoms. The number of likely N-dealkylation sites (N-methyl/N-ethyl adjacent to an activating group) is 1. The third-order valence-electron chi connectivity index (χ3n) is 9.48. The number of nitrogens with zero attached hydrogens (tertiary/aromatic N) is 3. The molecule has 252 valence electrons. The molecular weight excluding hydrogens is 582 g/mol. The fourth-order valence-corrected chi connectivity index (χ4v) is 7.68. The monoisotopic (exact) mass is 641 g/mol. The van der Waals surface area contributed by atoms with Crippen molar-refractivity contribution in [2.24, 2.45) is 5.92 Å². The minimum absolute atomic E-state index is 0.00195. The van der Waals surface area contributed by atoms with E-state index in [0.717, 1.165) is 51.1 Å². The molecule has 3 aliphatic heterocycles. The fourth-order valence-electron chi connectivity index (χ4n) is 7.56. The van der Waals surface area contributed by atoms with Crippen molar-refractivity contribution in [3.05, 3.63) is 58.1 Å². The molecule has 45 heavy (non-hydrogen) atoms. The number of amides is 2. The second-order valence-electron chi connectivity index (χ2n) is 13.3. The number of carbonyl (C=O) groups is 2. The molecule has 2 saturated heterocycles.